The van der Waals surface area contributed by atoms with Crippen LogP contribution in [0.2, 0.25) is 0 Å². The van der Waals surface area contributed by atoms with Gasteiger partial charge in [0.2, 0.25) is 11.8 Å². The highest BCUT2D eigenvalue weighted by molar-refractivity contribution is 5.79. The molecular weight excluding hydrogens is 332 g/mol. The first-order valence-electron chi connectivity index (χ1n) is 9.53. The van der Waals surface area contributed by atoms with Crippen molar-refractivity contribution >= 4 is 11.8 Å². The van der Waals surface area contributed by atoms with Gasteiger partial charge in [0.25, 0.3) is 0 Å². The van der Waals surface area contributed by atoms with Gasteiger partial charge in [0.15, 0.2) is 0 Å². The minimum atomic E-state index is 0.0978. The largest absolute Gasteiger partial charge is 0.464 e. The van der Waals surface area contributed by atoms with E-state index in [0.717, 1.165) is 63.6 Å². The third-order valence-electron chi connectivity index (χ3n) is 5.26. The van der Waals surface area contributed by atoms with Crippen LogP contribution >= 0.6 is 0 Å². The molecule has 0 radical (unpaired) electrons. The monoisotopic (exact) mass is 362 g/mol. The number of nitrogens with zero attached hydrogens (tertiary/aromatic N) is 4. The smallest absolute Gasteiger partial charge is 0.236 e. The number of hydrogen-bond acceptors (Lipinski definition) is 5. The van der Waals surface area contributed by atoms with Gasteiger partial charge in [-0.2, -0.15) is 0 Å². The van der Waals surface area contributed by atoms with E-state index in [1.54, 1.807) is 4.90 Å². The van der Waals surface area contributed by atoms with Crippen molar-refractivity contribution in [1.82, 2.24) is 19.6 Å². The molecule has 3 heterocycles. The zero-order valence-electron chi connectivity index (χ0n) is 15.9. The van der Waals surface area contributed by atoms with Crippen LogP contribution in [-0.2, 0) is 16.1 Å². The summed E-state index contributed by atoms with van der Waals surface area (Å²) >= 11 is 0. The molecule has 2 fully saturated rings. The van der Waals surface area contributed by atoms with Crippen LogP contribution in [0.3, 0.4) is 0 Å². The molecule has 26 heavy (non-hydrogen) atoms. The number of aryl methyl sites for hydroxylation is 1. The number of piperazine rings is 1. The fourth-order valence-electron chi connectivity index (χ4n) is 3.57. The first-order valence-corrected chi connectivity index (χ1v) is 9.53. The Labute approximate surface area is 155 Å². The highest BCUT2D eigenvalue weighted by Crippen LogP contribution is 2.11. The van der Waals surface area contributed by atoms with Gasteiger partial charge in [-0.3, -0.25) is 19.4 Å². The second kappa shape index (κ2) is 8.68. The predicted octanol–water partition coefficient (Wildman–Crippen LogP) is 0.786. The van der Waals surface area contributed by atoms with Crippen LogP contribution < -0.4 is 0 Å². The van der Waals surface area contributed by atoms with Gasteiger partial charge < -0.3 is 14.2 Å². The maximum Gasteiger partial charge on any atom is 0.236 e. The van der Waals surface area contributed by atoms with E-state index in [9.17, 15) is 9.59 Å². The number of likely N-dealkylation sites (tertiary alicyclic amines) is 1. The quantitative estimate of drug-likeness (QED) is 0.749. The van der Waals surface area contributed by atoms with Crippen molar-refractivity contribution in [3.63, 3.8) is 0 Å². The molecule has 0 bridgehead atoms. The van der Waals surface area contributed by atoms with Gasteiger partial charge in [-0.05, 0) is 31.9 Å². The van der Waals surface area contributed by atoms with Gasteiger partial charge in [0.1, 0.15) is 11.5 Å². The van der Waals surface area contributed by atoms with E-state index in [4.69, 9.17) is 4.42 Å². The number of likely N-dealkylation sites (N-methyl/N-ethyl adjacent to an activating group) is 1. The number of furan rings is 1. The molecule has 7 nitrogen and oxygen atoms in total. The molecule has 3 rings (SSSR count). The van der Waals surface area contributed by atoms with Crippen molar-refractivity contribution in [3.05, 3.63) is 23.7 Å². The Balaban J connectivity index is 1.37. The normalized spacial score (nSPS) is 19.1. The van der Waals surface area contributed by atoms with Crippen LogP contribution in [0.4, 0.5) is 0 Å². The maximum atomic E-state index is 12.4. The summed E-state index contributed by atoms with van der Waals surface area (Å²) in [6.07, 6.45) is 2.26. The highest BCUT2D eigenvalue weighted by Gasteiger charge is 2.24. The van der Waals surface area contributed by atoms with E-state index in [1.807, 2.05) is 31.0 Å². The third-order valence-corrected chi connectivity index (χ3v) is 5.26. The molecule has 2 amide bonds. The Morgan fingerprint density at radius 3 is 2.19 bits per heavy atom. The molecule has 2 aliphatic rings. The molecule has 2 saturated heterocycles. The molecule has 0 aliphatic carbocycles. The summed E-state index contributed by atoms with van der Waals surface area (Å²) in [5, 5.41) is 0. The van der Waals surface area contributed by atoms with Gasteiger partial charge in [-0.25, -0.2) is 0 Å². The Kier molecular flexibility index (Phi) is 6.32. The van der Waals surface area contributed by atoms with E-state index in [2.05, 4.69) is 9.80 Å². The Hall–Kier alpha value is -1.86. The summed E-state index contributed by atoms with van der Waals surface area (Å²) in [6, 6.07) is 3.82. The van der Waals surface area contributed by atoms with Crippen LogP contribution in [0.5, 0.6) is 0 Å². The molecule has 0 spiro atoms. The number of rotatable bonds is 6. The molecule has 2 aliphatic heterocycles. The zero-order valence-corrected chi connectivity index (χ0v) is 15.9. The molecule has 0 N–H and O–H groups in total. The van der Waals surface area contributed by atoms with Crippen molar-refractivity contribution in [3.8, 4) is 0 Å². The number of carbonyl (C=O) groups excluding carboxylic acids is 2. The lowest BCUT2D eigenvalue weighted by Crippen LogP contribution is -2.51. The third kappa shape index (κ3) is 5.08. The zero-order chi connectivity index (χ0) is 18.5. The van der Waals surface area contributed by atoms with E-state index in [1.165, 1.54) is 0 Å². The number of amides is 2. The summed E-state index contributed by atoms with van der Waals surface area (Å²) in [6.45, 7) is 8.49. The van der Waals surface area contributed by atoms with Crippen molar-refractivity contribution in [2.75, 3.05) is 59.4 Å². The van der Waals surface area contributed by atoms with Gasteiger partial charge in [-0.1, -0.05) is 0 Å². The van der Waals surface area contributed by atoms with E-state index < -0.39 is 0 Å². The SMILES string of the molecule is Cc1ccc(CN(C)C(=O)CN2CCN(CC(=O)N3CCCC3)CC2)o1. The maximum absolute atomic E-state index is 12.4. The van der Waals surface area contributed by atoms with E-state index in [0.29, 0.717) is 19.6 Å². The van der Waals surface area contributed by atoms with E-state index >= 15 is 0 Å². The fourth-order valence-corrected chi connectivity index (χ4v) is 3.57. The fraction of sp³-hybridized carbons (Fsp3) is 0.684. The van der Waals surface area contributed by atoms with Crippen molar-refractivity contribution in [2.24, 2.45) is 0 Å². The van der Waals surface area contributed by atoms with Crippen LogP contribution in [0.25, 0.3) is 0 Å². The molecule has 0 unspecified atom stereocenters. The first kappa shape index (κ1) is 18.9. The van der Waals surface area contributed by atoms with Gasteiger partial charge >= 0.3 is 0 Å². The minimum Gasteiger partial charge on any atom is -0.464 e. The molecule has 1 aromatic rings. The van der Waals surface area contributed by atoms with Crippen LogP contribution in [-0.4, -0.2) is 90.8 Å². The van der Waals surface area contributed by atoms with Gasteiger partial charge in [0, 0.05) is 46.3 Å². The van der Waals surface area contributed by atoms with Crippen molar-refractivity contribution < 1.29 is 14.0 Å². The molecule has 7 heteroatoms. The standard InChI is InChI=1S/C19H30N4O3/c1-16-5-6-17(26-16)13-20(2)18(24)14-21-9-11-22(12-10-21)15-19(25)23-7-3-4-8-23/h5-6H,3-4,7-15H2,1-2H3. The summed E-state index contributed by atoms with van der Waals surface area (Å²) in [4.78, 5) is 32.7. The molecule has 0 atom stereocenters. The lowest BCUT2D eigenvalue weighted by molar-refractivity contribution is -0.134. The van der Waals surface area contributed by atoms with Crippen LogP contribution in [0.1, 0.15) is 24.4 Å². The summed E-state index contributed by atoms with van der Waals surface area (Å²) in [7, 11) is 1.81. The minimum absolute atomic E-state index is 0.0978. The summed E-state index contributed by atoms with van der Waals surface area (Å²) in [5.41, 5.74) is 0. The average Bonchev–Trinajstić information content (AvgIpc) is 3.28. The molecule has 144 valence electrons. The van der Waals surface area contributed by atoms with Gasteiger partial charge in [-0.15, -0.1) is 0 Å². The van der Waals surface area contributed by atoms with Crippen LogP contribution in [0.15, 0.2) is 16.5 Å². The second-order valence-corrected chi connectivity index (χ2v) is 7.40. The van der Waals surface area contributed by atoms with Gasteiger partial charge in [0.05, 0.1) is 19.6 Å². The topological polar surface area (TPSA) is 60.2 Å². The average molecular weight is 362 g/mol. The van der Waals surface area contributed by atoms with E-state index in [-0.39, 0.29) is 11.8 Å². The van der Waals surface area contributed by atoms with Crippen molar-refractivity contribution in [1.29, 1.82) is 0 Å². The Bertz CT molecular complexity index is 616. The first-order chi connectivity index (χ1) is 12.5. The Morgan fingerprint density at radius 2 is 1.62 bits per heavy atom. The molecule has 0 aromatic carbocycles. The van der Waals surface area contributed by atoms with Crippen LogP contribution in [0, 0.1) is 6.92 Å². The Morgan fingerprint density at radius 1 is 1.00 bits per heavy atom. The lowest BCUT2D eigenvalue weighted by atomic mass is 10.3. The second-order valence-electron chi connectivity index (χ2n) is 7.40. The van der Waals surface area contributed by atoms with Crippen molar-refractivity contribution in [2.45, 2.75) is 26.3 Å². The summed E-state index contributed by atoms with van der Waals surface area (Å²) < 4.78 is 5.54. The molecule has 1 aromatic heterocycles. The highest BCUT2D eigenvalue weighted by atomic mass is 16.3. The molecular formula is C19H30N4O3. The number of hydrogen-bond donors (Lipinski definition) is 0. The predicted molar refractivity (Wildman–Crippen MR) is 98.6 cm³/mol. The number of carbonyl (C=O) groups is 2. The molecule has 0 saturated carbocycles. The lowest BCUT2D eigenvalue weighted by Gasteiger charge is -2.35. The summed E-state index contributed by atoms with van der Waals surface area (Å²) in [5.74, 6) is 2.02.